The largest absolute Gasteiger partial charge is 0.459 e. The molecule has 0 aliphatic heterocycles. The summed E-state index contributed by atoms with van der Waals surface area (Å²) in [6.45, 7) is 4.05. The maximum Gasteiger partial charge on any atom is 0.381 e. The van der Waals surface area contributed by atoms with E-state index in [1.165, 1.54) is 12.3 Å². The van der Waals surface area contributed by atoms with Gasteiger partial charge in [0.1, 0.15) is 5.69 Å². The molecule has 0 aliphatic carbocycles. The number of Topliss-reactive ketones (excluding diaryl/α,β-unsaturated/α-hetero) is 1. The molecule has 80 valence electrons. The molecule has 4 heteroatoms. The molecular formula is C11H13NO3. The number of carbonyl (C=O) groups is 2. The molecule has 1 rings (SSSR count). The fraction of sp³-hybridized carbons (Fsp3) is 0.364. The lowest BCUT2D eigenvalue weighted by Crippen LogP contribution is -2.20. The third-order valence-corrected chi connectivity index (χ3v) is 1.63. The highest BCUT2D eigenvalue weighted by atomic mass is 16.5. The average molecular weight is 207 g/mol. The summed E-state index contributed by atoms with van der Waals surface area (Å²) in [4.78, 5) is 26.4. The van der Waals surface area contributed by atoms with Crippen LogP contribution in [-0.2, 0) is 9.53 Å². The van der Waals surface area contributed by atoms with Crippen LogP contribution in [0.2, 0.25) is 0 Å². The smallest absolute Gasteiger partial charge is 0.381 e. The van der Waals surface area contributed by atoms with Crippen LogP contribution in [0, 0.1) is 5.92 Å². The summed E-state index contributed by atoms with van der Waals surface area (Å²) >= 11 is 0. The van der Waals surface area contributed by atoms with Crippen LogP contribution in [0.15, 0.2) is 24.4 Å². The third kappa shape index (κ3) is 3.50. The second kappa shape index (κ2) is 5.24. The van der Waals surface area contributed by atoms with E-state index in [4.69, 9.17) is 4.74 Å². The highest BCUT2D eigenvalue weighted by Gasteiger charge is 2.18. The first-order valence-electron chi connectivity index (χ1n) is 4.73. The second-order valence-electron chi connectivity index (χ2n) is 3.54. The lowest BCUT2D eigenvalue weighted by Gasteiger charge is -2.05. The Balaban J connectivity index is 2.58. The molecule has 1 aromatic heterocycles. The molecule has 0 spiro atoms. The minimum atomic E-state index is -0.845. The topological polar surface area (TPSA) is 56.3 Å². The van der Waals surface area contributed by atoms with Crippen molar-refractivity contribution in [1.29, 1.82) is 0 Å². The molecule has 0 unspecified atom stereocenters. The molecule has 0 aromatic carbocycles. The van der Waals surface area contributed by atoms with E-state index in [0.717, 1.165) is 0 Å². The molecule has 0 bridgehead atoms. The summed E-state index contributed by atoms with van der Waals surface area (Å²) in [5.74, 6) is -1.33. The van der Waals surface area contributed by atoms with Crippen LogP contribution < -0.4 is 0 Å². The Labute approximate surface area is 88.3 Å². The number of pyridine rings is 1. The summed E-state index contributed by atoms with van der Waals surface area (Å²) in [6.07, 6.45) is 1.46. The van der Waals surface area contributed by atoms with E-state index >= 15 is 0 Å². The molecule has 1 heterocycles. The summed E-state index contributed by atoms with van der Waals surface area (Å²) in [7, 11) is 0. The zero-order chi connectivity index (χ0) is 11.3. The average Bonchev–Trinajstić information content (AvgIpc) is 2.26. The van der Waals surface area contributed by atoms with Crippen LogP contribution in [0.4, 0.5) is 0 Å². The van der Waals surface area contributed by atoms with E-state index in [0.29, 0.717) is 0 Å². The van der Waals surface area contributed by atoms with Gasteiger partial charge in [0, 0.05) is 6.20 Å². The van der Waals surface area contributed by atoms with Crippen molar-refractivity contribution in [3.05, 3.63) is 30.1 Å². The maximum atomic E-state index is 11.4. The Morgan fingerprint density at radius 3 is 2.67 bits per heavy atom. The molecule has 0 atom stereocenters. The first kappa shape index (κ1) is 11.4. The van der Waals surface area contributed by atoms with Crippen LogP contribution in [0.1, 0.15) is 24.3 Å². The van der Waals surface area contributed by atoms with E-state index in [-0.39, 0.29) is 18.2 Å². The molecule has 0 fully saturated rings. The van der Waals surface area contributed by atoms with Gasteiger partial charge in [0.05, 0.1) is 6.61 Å². The molecule has 0 radical (unpaired) electrons. The number of aromatic nitrogens is 1. The maximum absolute atomic E-state index is 11.4. The fourth-order valence-corrected chi connectivity index (χ4v) is 0.910. The van der Waals surface area contributed by atoms with E-state index < -0.39 is 11.8 Å². The zero-order valence-corrected chi connectivity index (χ0v) is 8.77. The SMILES string of the molecule is CC(C)COC(=O)C(=O)c1ccccn1. The Bertz CT molecular complexity index is 346. The van der Waals surface area contributed by atoms with Crippen LogP contribution in [-0.4, -0.2) is 23.3 Å². The Kier molecular flexibility index (Phi) is 3.97. The number of carbonyl (C=O) groups excluding carboxylic acids is 2. The van der Waals surface area contributed by atoms with Crippen LogP contribution in [0.5, 0.6) is 0 Å². The van der Waals surface area contributed by atoms with Gasteiger partial charge in [-0.3, -0.25) is 9.78 Å². The van der Waals surface area contributed by atoms with Crippen molar-refractivity contribution in [2.75, 3.05) is 6.61 Å². The quantitative estimate of drug-likeness (QED) is 0.426. The van der Waals surface area contributed by atoms with Crippen LogP contribution in [0.25, 0.3) is 0 Å². The van der Waals surface area contributed by atoms with Crippen molar-refractivity contribution in [3.63, 3.8) is 0 Å². The normalized spacial score (nSPS) is 10.1. The Hall–Kier alpha value is -1.71. The van der Waals surface area contributed by atoms with E-state index in [2.05, 4.69) is 4.98 Å². The highest BCUT2D eigenvalue weighted by Crippen LogP contribution is 1.99. The number of rotatable bonds is 4. The van der Waals surface area contributed by atoms with Gasteiger partial charge in [-0.1, -0.05) is 19.9 Å². The number of hydrogen-bond acceptors (Lipinski definition) is 4. The summed E-state index contributed by atoms with van der Waals surface area (Å²) in [5, 5.41) is 0. The summed E-state index contributed by atoms with van der Waals surface area (Å²) in [5.41, 5.74) is 0.117. The minimum Gasteiger partial charge on any atom is -0.459 e. The van der Waals surface area contributed by atoms with Crippen molar-refractivity contribution in [3.8, 4) is 0 Å². The molecule has 1 aromatic rings. The lowest BCUT2D eigenvalue weighted by molar-refractivity contribution is -0.139. The minimum absolute atomic E-state index is 0.117. The fourth-order valence-electron chi connectivity index (χ4n) is 0.910. The van der Waals surface area contributed by atoms with Crippen molar-refractivity contribution in [2.45, 2.75) is 13.8 Å². The number of ether oxygens (including phenoxy) is 1. The van der Waals surface area contributed by atoms with Gasteiger partial charge >= 0.3 is 5.97 Å². The zero-order valence-electron chi connectivity index (χ0n) is 8.77. The van der Waals surface area contributed by atoms with Crippen molar-refractivity contribution < 1.29 is 14.3 Å². The molecule has 0 aliphatic rings. The van der Waals surface area contributed by atoms with E-state index in [9.17, 15) is 9.59 Å². The van der Waals surface area contributed by atoms with Crippen LogP contribution >= 0.6 is 0 Å². The first-order valence-corrected chi connectivity index (χ1v) is 4.73. The van der Waals surface area contributed by atoms with E-state index in [1.807, 2.05) is 13.8 Å². The lowest BCUT2D eigenvalue weighted by atomic mass is 10.2. The van der Waals surface area contributed by atoms with Gasteiger partial charge in [-0.2, -0.15) is 0 Å². The van der Waals surface area contributed by atoms with Gasteiger partial charge < -0.3 is 4.74 Å². The number of nitrogens with zero attached hydrogens (tertiary/aromatic N) is 1. The van der Waals surface area contributed by atoms with Gasteiger partial charge in [-0.25, -0.2) is 4.79 Å². The first-order chi connectivity index (χ1) is 7.11. The summed E-state index contributed by atoms with van der Waals surface area (Å²) < 4.78 is 4.79. The predicted molar refractivity (Wildman–Crippen MR) is 54.4 cm³/mol. The Morgan fingerprint density at radius 1 is 1.40 bits per heavy atom. The predicted octanol–water partition coefficient (Wildman–Crippen LogP) is 1.46. The van der Waals surface area contributed by atoms with Crippen molar-refractivity contribution >= 4 is 11.8 Å². The van der Waals surface area contributed by atoms with Crippen LogP contribution in [0.3, 0.4) is 0 Å². The Morgan fingerprint density at radius 2 is 2.13 bits per heavy atom. The number of ketones is 1. The van der Waals surface area contributed by atoms with Gasteiger partial charge in [0.25, 0.3) is 5.78 Å². The standard InChI is InChI=1S/C11H13NO3/c1-8(2)7-15-11(14)10(13)9-5-3-4-6-12-9/h3-6,8H,7H2,1-2H3. The summed E-state index contributed by atoms with van der Waals surface area (Å²) in [6, 6.07) is 4.81. The van der Waals surface area contributed by atoms with Gasteiger partial charge in [-0.15, -0.1) is 0 Å². The molecule has 15 heavy (non-hydrogen) atoms. The molecular weight excluding hydrogens is 194 g/mol. The molecule has 0 saturated heterocycles. The number of hydrogen-bond donors (Lipinski definition) is 0. The van der Waals surface area contributed by atoms with E-state index in [1.54, 1.807) is 12.1 Å². The molecule has 4 nitrogen and oxygen atoms in total. The molecule has 0 saturated carbocycles. The van der Waals surface area contributed by atoms with Gasteiger partial charge in [0.2, 0.25) is 0 Å². The highest BCUT2D eigenvalue weighted by molar-refractivity contribution is 6.40. The third-order valence-electron chi connectivity index (χ3n) is 1.63. The van der Waals surface area contributed by atoms with Crippen molar-refractivity contribution in [2.24, 2.45) is 5.92 Å². The monoisotopic (exact) mass is 207 g/mol. The molecule has 0 amide bonds. The van der Waals surface area contributed by atoms with Gasteiger partial charge in [-0.05, 0) is 18.1 Å². The van der Waals surface area contributed by atoms with Gasteiger partial charge in [0.15, 0.2) is 0 Å². The molecule has 0 N–H and O–H groups in total. The number of esters is 1. The van der Waals surface area contributed by atoms with Crippen molar-refractivity contribution in [1.82, 2.24) is 4.98 Å². The second-order valence-corrected chi connectivity index (χ2v) is 3.54.